The van der Waals surface area contributed by atoms with Crippen LogP contribution in [0.15, 0.2) is 41.3 Å². The second-order valence-corrected chi connectivity index (χ2v) is 9.18. The van der Waals surface area contributed by atoms with Crippen molar-refractivity contribution in [2.75, 3.05) is 19.9 Å². The van der Waals surface area contributed by atoms with Gasteiger partial charge in [0.15, 0.2) is 28.8 Å². The van der Waals surface area contributed by atoms with Crippen LogP contribution >= 0.6 is 0 Å². The molecule has 0 unspecified atom stereocenters. The Kier molecular flexibility index (Phi) is 5.62. The first kappa shape index (κ1) is 24.2. The number of hydrogen-bond acceptors (Lipinski definition) is 10. The van der Waals surface area contributed by atoms with Gasteiger partial charge in [0, 0.05) is 29.9 Å². The Morgan fingerprint density at radius 3 is 2.59 bits per heavy atom. The summed E-state index contributed by atoms with van der Waals surface area (Å²) >= 11 is 0. The zero-order valence-corrected chi connectivity index (χ0v) is 20.7. The lowest BCUT2D eigenvalue weighted by Crippen LogP contribution is -2.41. The Bertz CT molecular complexity index is 1450. The van der Waals surface area contributed by atoms with Crippen LogP contribution in [0.1, 0.15) is 42.3 Å². The molecule has 3 N–H and O–H groups in total. The summed E-state index contributed by atoms with van der Waals surface area (Å²) in [6, 6.07) is 5.21. The predicted octanol–water partition coefficient (Wildman–Crippen LogP) is 2.97. The summed E-state index contributed by atoms with van der Waals surface area (Å²) in [6.07, 6.45) is 1.18. The molecule has 0 fully saturated rings. The zero-order valence-electron chi connectivity index (χ0n) is 20.7. The van der Waals surface area contributed by atoms with Crippen LogP contribution in [-0.2, 0) is 15.0 Å². The van der Waals surface area contributed by atoms with Gasteiger partial charge in [-0.3, -0.25) is 14.4 Å². The standard InChI is InChI=1S/C27H25NO9/c1-12-23(31)21(14(3)29)25-22(24(12)32)27(4)19(37-25)10-16(30)20(26(27)33)13(2)28-7-8-34-15-5-6-17-18(9-15)36-11-35-17/h5-6,9-10,28,31-32H,7-8,11H2,1-4H3/b20-13+/t27-/m1/s1. The molecule has 5 rings (SSSR count). The van der Waals surface area contributed by atoms with Gasteiger partial charge in [0.1, 0.15) is 46.3 Å². The van der Waals surface area contributed by atoms with Gasteiger partial charge in [0.2, 0.25) is 6.79 Å². The van der Waals surface area contributed by atoms with Crippen molar-refractivity contribution in [1.82, 2.24) is 5.32 Å². The minimum Gasteiger partial charge on any atom is -0.507 e. The summed E-state index contributed by atoms with van der Waals surface area (Å²) in [6.45, 7) is 6.49. The maximum Gasteiger partial charge on any atom is 0.231 e. The maximum atomic E-state index is 13.8. The lowest BCUT2D eigenvalue weighted by Gasteiger charge is -2.29. The molecule has 2 heterocycles. The number of carbonyl (C=O) groups excluding carboxylic acids is 3. The number of allylic oxidation sites excluding steroid dienone is 4. The molecule has 0 saturated heterocycles. The fourth-order valence-corrected chi connectivity index (χ4v) is 4.82. The molecule has 2 aromatic rings. The number of carbonyl (C=O) groups is 3. The Balaban J connectivity index is 1.41. The number of benzene rings is 2. The molecule has 192 valence electrons. The fourth-order valence-electron chi connectivity index (χ4n) is 4.82. The van der Waals surface area contributed by atoms with E-state index in [0.717, 1.165) is 0 Å². The highest BCUT2D eigenvalue weighted by Gasteiger charge is 2.56. The topological polar surface area (TPSA) is 141 Å². The summed E-state index contributed by atoms with van der Waals surface area (Å²) in [7, 11) is 0. The number of hydrogen-bond donors (Lipinski definition) is 3. The zero-order chi connectivity index (χ0) is 26.6. The van der Waals surface area contributed by atoms with Crippen LogP contribution in [-0.4, -0.2) is 47.5 Å². The Labute approximate surface area is 212 Å². The van der Waals surface area contributed by atoms with Crippen LogP contribution in [0.3, 0.4) is 0 Å². The number of ether oxygens (including phenoxy) is 4. The second kappa shape index (κ2) is 8.58. The first-order chi connectivity index (χ1) is 17.6. The highest BCUT2D eigenvalue weighted by molar-refractivity contribution is 6.31. The maximum absolute atomic E-state index is 13.8. The summed E-state index contributed by atoms with van der Waals surface area (Å²) in [5.74, 6) is -0.778. The number of aromatic hydroxyl groups is 2. The molecule has 2 aliphatic heterocycles. The highest BCUT2D eigenvalue weighted by atomic mass is 16.7. The molecule has 1 aliphatic carbocycles. The summed E-state index contributed by atoms with van der Waals surface area (Å²) in [5.41, 5.74) is -1.38. The normalized spacial score (nSPS) is 20.6. The number of phenols is 2. The largest absolute Gasteiger partial charge is 0.507 e. The van der Waals surface area contributed by atoms with Gasteiger partial charge in [-0.2, -0.15) is 0 Å². The van der Waals surface area contributed by atoms with Crippen LogP contribution in [0.5, 0.6) is 34.5 Å². The third-order valence-corrected chi connectivity index (χ3v) is 6.86. The van der Waals surface area contributed by atoms with E-state index in [0.29, 0.717) is 22.9 Å². The third kappa shape index (κ3) is 3.59. The Morgan fingerprint density at radius 1 is 1.14 bits per heavy atom. The molecule has 3 aliphatic rings. The van der Waals surface area contributed by atoms with E-state index in [1.54, 1.807) is 25.1 Å². The quantitative estimate of drug-likeness (QED) is 0.231. The first-order valence-electron chi connectivity index (χ1n) is 11.6. The van der Waals surface area contributed by atoms with Crippen LogP contribution in [0.25, 0.3) is 0 Å². The first-order valence-corrected chi connectivity index (χ1v) is 11.6. The molecule has 0 saturated carbocycles. The molecule has 0 spiro atoms. The number of fused-ring (bicyclic) bond motifs is 4. The summed E-state index contributed by atoms with van der Waals surface area (Å²) < 4.78 is 22.1. The van der Waals surface area contributed by atoms with E-state index in [1.807, 2.05) is 0 Å². The number of Topliss-reactive ketones (excluding diaryl/α,β-unsaturated/α-hetero) is 2. The molecular formula is C27H25NO9. The molecule has 0 bridgehead atoms. The molecule has 0 aromatic heterocycles. The van der Waals surface area contributed by atoms with E-state index < -0.39 is 28.5 Å². The van der Waals surface area contributed by atoms with E-state index in [-0.39, 0.29) is 59.5 Å². The van der Waals surface area contributed by atoms with Gasteiger partial charge < -0.3 is 34.5 Å². The molecular weight excluding hydrogens is 482 g/mol. The molecule has 1 atom stereocenters. The molecule has 0 amide bonds. The highest BCUT2D eigenvalue weighted by Crippen LogP contribution is 2.57. The summed E-state index contributed by atoms with van der Waals surface area (Å²) in [4.78, 5) is 39.0. The Morgan fingerprint density at radius 2 is 1.86 bits per heavy atom. The molecule has 0 radical (unpaired) electrons. The van der Waals surface area contributed by atoms with Crippen LogP contribution in [0.2, 0.25) is 0 Å². The fraction of sp³-hybridized carbons (Fsp3) is 0.296. The third-order valence-electron chi connectivity index (χ3n) is 6.86. The average molecular weight is 507 g/mol. The average Bonchev–Trinajstić information content (AvgIpc) is 3.43. The van der Waals surface area contributed by atoms with Gasteiger partial charge in [-0.05, 0) is 39.8 Å². The monoisotopic (exact) mass is 507 g/mol. The van der Waals surface area contributed by atoms with E-state index in [4.69, 9.17) is 18.9 Å². The van der Waals surface area contributed by atoms with Crippen molar-refractivity contribution in [3.05, 3.63) is 58.0 Å². The van der Waals surface area contributed by atoms with Crippen molar-refractivity contribution in [1.29, 1.82) is 0 Å². The van der Waals surface area contributed by atoms with Gasteiger partial charge in [0.25, 0.3) is 0 Å². The van der Waals surface area contributed by atoms with Gasteiger partial charge >= 0.3 is 0 Å². The molecule has 37 heavy (non-hydrogen) atoms. The van der Waals surface area contributed by atoms with E-state index in [2.05, 4.69) is 5.32 Å². The molecule has 10 heteroatoms. The minimum absolute atomic E-state index is 0.0111. The number of rotatable bonds is 6. The summed E-state index contributed by atoms with van der Waals surface area (Å²) in [5, 5.41) is 24.4. The van der Waals surface area contributed by atoms with E-state index >= 15 is 0 Å². The van der Waals surface area contributed by atoms with Gasteiger partial charge in [-0.1, -0.05) is 0 Å². The lowest BCUT2D eigenvalue weighted by molar-refractivity contribution is -0.123. The Hall–Kier alpha value is -4.47. The van der Waals surface area contributed by atoms with E-state index in [9.17, 15) is 24.6 Å². The SMILES string of the molecule is CC(=O)c1c(O)c(C)c(O)c2c1OC1=CC(=O)/C(=C(/C)NCCOc3ccc4c(c3)OCO4)C(=O)[C@]12C. The predicted molar refractivity (Wildman–Crippen MR) is 129 cm³/mol. The van der Waals surface area contributed by atoms with Crippen molar-refractivity contribution >= 4 is 17.3 Å². The molecule has 2 aromatic carbocycles. The number of nitrogens with one attached hydrogen (secondary N) is 1. The van der Waals surface area contributed by atoms with Crippen molar-refractivity contribution in [3.63, 3.8) is 0 Å². The van der Waals surface area contributed by atoms with Gasteiger partial charge in [-0.15, -0.1) is 0 Å². The van der Waals surface area contributed by atoms with Gasteiger partial charge in [0.05, 0.1) is 11.1 Å². The van der Waals surface area contributed by atoms with Crippen molar-refractivity contribution in [2.45, 2.75) is 33.1 Å². The molecule has 10 nitrogen and oxygen atoms in total. The van der Waals surface area contributed by atoms with E-state index in [1.165, 1.54) is 26.8 Å². The number of phenolic OH excluding ortho intramolecular Hbond substituents is 2. The van der Waals surface area contributed by atoms with Crippen molar-refractivity contribution in [2.24, 2.45) is 0 Å². The number of ketones is 3. The van der Waals surface area contributed by atoms with Crippen molar-refractivity contribution < 1.29 is 43.5 Å². The van der Waals surface area contributed by atoms with Crippen molar-refractivity contribution in [3.8, 4) is 34.5 Å². The van der Waals surface area contributed by atoms with Gasteiger partial charge in [-0.25, -0.2) is 0 Å². The minimum atomic E-state index is -1.56. The van der Waals surface area contributed by atoms with Crippen LogP contribution in [0.4, 0.5) is 0 Å². The second-order valence-electron chi connectivity index (χ2n) is 9.18. The lowest BCUT2D eigenvalue weighted by atomic mass is 9.70. The van der Waals surface area contributed by atoms with Crippen LogP contribution < -0.4 is 24.3 Å². The smallest absolute Gasteiger partial charge is 0.231 e. The van der Waals surface area contributed by atoms with Crippen LogP contribution in [0, 0.1) is 6.92 Å².